The Bertz CT molecular complexity index is 83.0. The fraction of sp³-hybridized carbons (Fsp3) is 1.00. The first-order valence-electron chi connectivity index (χ1n) is 3.07. The highest BCUT2D eigenvalue weighted by Crippen LogP contribution is 2.18. The van der Waals surface area contributed by atoms with Crippen molar-refractivity contribution in [3.05, 3.63) is 0 Å². The normalized spacial score (nSPS) is 23.0. The van der Waals surface area contributed by atoms with E-state index in [1.807, 2.05) is 0 Å². The zero-order chi connectivity index (χ0) is 6.69. The molecular weight excluding hydrogens is 175 g/mol. The summed E-state index contributed by atoms with van der Waals surface area (Å²) in [5, 5.41) is 0. The molecule has 9 heavy (non-hydrogen) atoms. The molecule has 1 saturated heterocycles. The summed E-state index contributed by atoms with van der Waals surface area (Å²) in [6.45, 7) is 0.865. The van der Waals surface area contributed by atoms with Crippen molar-refractivity contribution in [3.8, 4) is 0 Å². The van der Waals surface area contributed by atoms with Crippen LogP contribution in [0.4, 0.5) is 0 Å². The smallest absolute Gasteiger partial charge is 0.246 e. The molecule has 0 N–H and O–H groups in total. The van der Waals surface area contributed by atoms with Crippen LogP contribution in [0.15, 0.2) is 0 Å². The molecule has 1 nitrogen and oxygen atoms in total. The van der Waals surface area contributed by atoms with E-state index in [9.17, 15) is 0 Å². The van der Waals surface area contributed by atoms with Gasteiger partial charge in [0.25, 0.3) is 0 Å². The lowest BCUT2D eigenvalue weighted by Gasteiger charge is -2.20. The van der Waals surface area contributed by atoms with E-state index in [1.54, 1.807) is 0 Å². The summed E-state index contributed by atoms with van der Waals surface area (Å²) < 4.78 is 5.14. The summed E-state index contributed by atoms with van der Waals surface area (Å²) >= 11 is 11.3. The van der Waals surface area contributed by atoms with Gasteiger partial charge in [-0.3, -0.25) is 0 Å². The van der Waals surface area contributed by atoms with Gasteiger partial charge in [-0.2, -0.15) is 0 Å². The number of alkyl halides is 2. The number of hydrogen-bond donors (Lipinski definition) is 0. The Labute approximate surface area is 67.0 Å². The minimum absolute atomic E-state index is 0.240. The average Bonchev–Trinajstić information content (AvgIpc) is 1.90. The SMILES string of the molecule is ClC(Cl)[Si]1CCCCO1. The summed E-state index contributed by atoms with van der Waals surface area (Å²) in [6, 6.07) is 1.11. The first kappa shape index (κ1) is 7.86. The van der Waals surface area contributed by atoms with Crippen LogP contribution in [0.5, 0.6) is 0 Å². The molecule has 0 aromatic heterocycles. The number of halogens is 2. The highest BCUT2D eigenvalue weighted by molar-refractivity contribution is 6.76. The van der Waals surface area contributed by atoms with Gasteiger partial charge in [-0.15, -0.1) is 23.2 Å². The molecule has 1 aliphatic heterocycles. The van der Waals surface area contributed by atoms with E-state index in [0.29, 0.717) is 0 Å². The van der Waals surface area contributed by atoms with E-state index >= 15 is 0 Å². The van der Waals surface area contributed by atoms with Gasteiger partial charge in [0.2, 0.25) is 9.04 Å². The van der Waals surface area contributed by atoms with Crippen molar-refractivity contribution in [3.63, 3.8) is 0 Å². The standard InChI is InChI=1S/C5H9Cl2OSi/c6-5(7)9-4-2-1-3-8-9/h5H,1-4H2. The lowest BCUT2D eigenvalue weighted by molar-refractivity contribution is 0.288. The average molecular weight is 184 g/mol. The Hall–Kier alpha value is 0.757. The molecule has 1 aliphatic rings. The van der Waals surface area contributed by atoms with Crippen LogP contribution < -0.4 is 0 Å². The molecule has 0 spiro atoms. The Morgan fingerprint density at radius 1 is 1.33 bits per heavy atom. The molecule has 0 unspecified atom stereocenters. The maximum atomic E-state index is 5.64. The number of rotatable bonds is 1. The molecule has 0 aromatic rings. The van der Waals surface area contributed by atoms with E-state index in [-0.39, 0.29) is 4.46 Å². The minimum Gasteiger partial charge on any atom is -0.414 e. The summed E-state index contributed by atoms with van der Waals surface area (Å²) in [4.78, 5) is 0. The van der Waals surface area contributed by atoms with Gasteiger partial charge in [-0.25, -0.2) is 0 Å². The third-order valence-corrected chi connectivity index (χ3v) is 4.72. The molecule has 0 aromatic carbocycles. The molecule has 4 heteroatoms. The maximum Gasteiger partial charge on any atom is 0.246 e. The largest absolute Gasteiger partial charge is 0.414 e. The minimum atomic E-state index is -0.834. The van der Waals surface area contributed by atoms with E-state index in [2.05, 4.69) is 0 Å². The van der Waals surface area contributed by atoms with Gasteiger partial charge in [0, 0.05) is 6.61 Å². The highest BCUT2D eigenvalue weighted by Gasteiger charge is 2.23. The fourth-order valence-electron chi connectivity index (χ4n) is 0.849. The molecule has 1 heterocycles. The molecule has 0 atom stereocenters. The third kappa shape index (κ3) is 2.46. The summed E-state index contributed by atoms with van der Waals surface area (Å²) in [6.07, 6.45) is 2.42. The first-order chi connectivity index (χ1) is 4.30. The van der Waals surface area contributed by atoms with Crippen molar-refractivity contribution in [2.45, 2.75) is 23.3 Å². The van der Waals surface area contributed by atoms with Gasteiger partial charge in [0.15, 0.2) is 0 Å². The summed E-state index contributed by atoms with van der Waals surface area (Å²) in [5.74, 6) is 0. The predicted molar refractivity (Wildman–Crippen MR) is 41.2 cm³/mol. The molecule has 0 aliphatic carbocycles. The van der Waals surface area contributed by atoms with Crippen molar-refractivity contribution in [2.24, 2.45) is 0 Å². The quantitative estimate of drug-likeness (QED) is 0.448. The molecule has 1 rings (SSSR count). The van der Waals surface area contributed by atoms with Crippen LogP contribution in [0.2, 0.25) is 6.04 Å². The monoisotopic (exact) mass is 183 g/mol. The van der Waals surface area contributed by atoms with E-state index in [4.69, 9.17) is 27.6 Å². The lowest BCUT2D eigenvalue weighted by Crippen LogP contribution is -2.29. The van der Waals surface area contributed by atoms with Gasteiger partial charge >= 0.3 is 0 Å². The number of hydrogen-bond acceptors (Lipinski definition) is 1. The van der Waals surface area contributed by atoms with Crippen LogP contribution >= 0.6 is 23.2 Å². The maximum absolute atomic E-state index is 5.64. The molecule has 1 fully saturated rings. The van der Waals surface area contributed by atoms with Crippen molar-refractivity contribution < 1.29 is 4.43 Å². The van der Waals surface area contributed by atoms with E-state index < -0.39 is 9.04 Å². The molecule has 0 saturated carbocycles. The second kappa shape index (κ2) is 3.81. The van der Waals surface area contributed by atoms with E-state index in [1.165, 1.54) is 12.8 Å². The predicted octanol–water partition coefficient (Wildman–Crippen LogP) is 2.13. The zero-order valence-corrected chi connectivity index (χ0v) is 7.58. The van der Waals surface area contributed by atoms with Gasteiger partial charge in [-0.05, 0) is 12.5 Å². The molecular formula is C5H9Cl2OSi. The van der Waals surface area contributed by atoms with Crippen LogP contribution in [0.25, 0.3) is 0 Å². The van der Waals surface area contributed by atoms with Gasteiger partial charge in [-0.1, -0.05) is 6.42 Å². The Morgan fingerprint density at radius 3 is 2.44 bits per heavy atom. The van der Waals surface area contributed by atoms with Gasteiger partial charge < -0.3 is 4.43 Å². The van der Waals surface area contributed by atoms with Crippen molar-refractivity contribution in [2.75, 3.05) is 6.61 Å². The van der Waals surface area contributed by atoms with Crippen molar-refractivity contribution >= 4 is 32.2 Å². The second-order valence-electron chi connectivity index (χ2n) is 2.07. The van der Waals surface area contributed by atoms with Crippen LogP contribution in [-0.4, -0.2) is 20.1 Å². The van der Waals surface area contributed by atoms with Crippen LogP contribution in [0.1, 0.15) is 12.8 Å². The highest BCUT2D eigenvalue weighted by atomic mass is 35.5. The summed E-state index contributed by atoms with van der Waals surface area (Å²) in [5.41, 5.74) is 0. The molecule has 1 radical (unpaired) electrons. The first-order valence-corrected chi connectivity index (χ1v) is 5.64. The molecule has 53 valence electrons. The van der Waals surface area contributed by atoms with Crippen LogP contribution in [0, 0.1) is 0 Å². The van der Waals surface area contributed by atoms with Gasteiger partial charge in [0.1, 0.15) is 4.46 Å². The van der Waals surface area contributed by atoms with Crippen molar-refractivity contribution in [1.29, 1.82) is 0 Å². The third-order valence-electron chi connectivity index (χ3n) is 1.35. The molecule has 0 amide bonds. The Balaban J connectivity index is 2.23. The van der Waals surface area contributed by atoms with Gasteiger partial charge in [0.05, 0.1) is 0 Å². The Morgan fingerprint density at radius 2 is 2.11 bits per heavy atom. The molecule has 0 bridgehead atoms. The van der Waals surface area contributed by atoms with Crippen LogP contribution in [0.3, 0.4) is 0 Å². The fourth-order valence-corrected chi connectivity index (χ4v) is 3.37. The second-order valence-corrected chi connectivity index (χ2v) is 6.20. The Kier molecular flexibility index (Phi) is 3.33. The lowest BCUT2D eigenvalue weighted by atomic mass is 10.4. The van der Waals surface area contributed by atoms with E-state index in [0.717, 1.165) is 12.7 Å². The van der Waals surface area contributed by atoms with Crippen molar-refractivity contribution in [1.82, 2.24) is 0 Å². The topological polar surface area (TPSA) is 9.23 Å². The summed E-state index contributed by atoms with van der Waals surface area (Å²) in [7, 11) is -0.834. The van der Waals surface area contributed by atoms with Crippen LogP contribution in [-0.2, 0) is 4.43 Å². The zero-order valence-electron chi connectivity index (χ0n) is 5.07.